The number of H-pyrrole nitrogens is 1. The molecule has 2 heterocycles. The highest BCUT2D eigenvalue weighted by atomic mass is 19.1. The van der Waals surface area contributed by atoms with Crippen molar-refractivity contribution >= 4 is 39.5 Å². The minimum absolute atomic E-state index is 0.101. The van der Waals surface area contributed by atoms with Crippen LogP contribution in [0.1, 0.15) is 23.2 Å². The molecule has 0 saturated carbocycles. The number of para-hydroxylation sites is 1. The van der Waals surface area contributed by atoms with Gasteiger partial charge in [-0.25, -0.2) is 9.18 Å². The molecular weight excluding hydrogens is 351 g/mol. The Kier molecular flexibility index (Phi) is 4.10. The number of ether oxygens (including phenoxy) is 1. The Morgan fingerprint density at radius 3 is 2.78 bits per heavy atom. The number of fused-ring (bicyclic) bond motifs is 3. The second kappa shape index (κ2) is 6.46. The number of benzene rings is 2. The number of piperidine rings is 1. The maximum absolute atomic E-state index is 15.1. The van der Waals surface area contributed by atoms with Crippen molar-refractivity contribution < 1.29 is 18.7 Å². The van der Waals surface area contributed by atoms with Gasteiger partial charge in [0, 0.05) is 22.8 Å². The van der Waals surface area contributed by atoms with Crippen LogP contribution in [0.2, 0.25) is 0 Å². The number of hydrogen-bond donors (Lipinski definition) is 3. The van der Waals surface area contributed by atoms with Crippen LogP contribution in [-0.4, -0.2) is 36.2 Å². The number of hydrogen-bond acceptors (Lipinski definition) is 4. The third-order valence-corrected chi connectivity index (χ3v) is 4.95. The summed E-state index contributed by atoms with van der Waals surface area (Å²) in [7, 11) is 0. The van der Waals surface area contributed by atoms with Gasteiger partial charge in [0.2, 0.25) is 0 Å². The van der Waals surface area contributed by atoms with E-state index in [2.05, 4.69) is 4.98 Å². The van der Waals surface area contributed by atoms with Gasteiger partial charge in [-0.3, -0.25) is 4.79 Å². The molecule has 1 aromatic heterocycles. The first-order valence-corrected chi connectivity index (χ1v) is 8.69. The van der Waals surface area contributed by atoms with Gasteiger partial charge in [-0.1, -0.05) is 18.2 Å². The van der Waals surface area contributed by atoms with Crippen molar-refractivity contribution in [2.75, 3.05) is 18.0 Å². The molecule has 7 nitrogen and oxygen atoms in total. The van der Waals surface area contributed by atoms with Gasteiger partial charge < -0.3 is 26.1 Å². The summed E-state index contributed by atoms with van der Waals surface area (Å²) in [4.78, 5) is 28.0. The summed E-state index contributed by atoms with van der Waals surface area (Å²) in [5, 5.41) is 1.39. The summed E-state index contributed by atoms with van der Waals surface area (Å²) in [6.07, 6.45) is 0.131. The summed E-state index contributed by atoms with van der Waals surface area (Å²) in [5.74, 6) is -1.24. The molecule has 5 N–H and O–H groups in total. The molecule has 4 rings (SSSR count). The lowest BCUT2D eigenvalue weighted by atomic mass is 10.0. The number of nitrogens with zero attached hydrogens (tertiary/aromatic N) is 1. The smallest absolute Gasteiger partial charge is 0.404 e. The van der Waals surface area contributed by atoms with E-state index in [1.54, 1.807) is 0 Å². The fraction of sp³-hybridized carbons (Fsp3) is 0.263. The fourth-order valence-corrected chi connectivity index (χ4v) is 3.88. The molecule has 0 spiro atoms. The third kappa shape index (κ3) is 2.92. The highest BCUT2D eigenvalue weighted by Crippen LogP contribution is 2.39. The summed E-state index contributed by atoms with van der Waals surface area (Å²) in [6, 6.07) is 8.59. The Morgan fingerprint density at radius 1 is 1.26 bits per heavy atom. The Labute approximate surface area is 154 Å². The fourth-order valence-electron chi connectivity index (χ4n) is 3.88. The number of rotatable bonds is 3. The highest BCUT2D eigenvalue weighted by molar-refractivity contribution is 6.19. The number of carbonyl (C=O) groups is 2. The number of nitrogens with two attached hydrogens (primary N) is 2. The van der Waals surface area contributed by atoms with E-state index in [-0.39, 0.29) is 5.56 Å². The van der Waals surface area contributed by atoms with E-state index < -0.39 is 23.9 Å². The highest BCUT2D eigenvalue weighted by Gasteiger charge is 2.28. The lowest BCUT2D eigenvalue weighted by Crippen LogP contribution is -2.42. The molecule has 0 aliphatic carbocycles. The van der Waals surface area contributed by atoms with Crippen LogP contribution < -0.4 is 16.4 Å². The lowest BCUT2D eigenvalue weighted by molar-refractivity contribution is 0.0962. The van der Waals surface area contributed by atoms with Crippen LogP contribution in [0.3, 0.4) is 0 Å². The number of halogens is 1. The van der Waals surface area contributed by atoms with Crippen LogP contribution in [-0.2, 0) is 4.74 Å². The molecular formula is C19H19FN4O3. The van der Waals surface area contributed by atoms with Gasteiger partial charge in [-0.15, -0.1) is 0 Å². The molecule has 2 amide bonds. The number of anilines is 1. The summed E-state index contributed by atoms with van der Waals surface area (Å²) >= 11 is 0. The van der Waals surface area contributed by atoms with Gasteiger partial charge in [0.15, 0.2) is 0 Å². The predicted molar refractivity (Wildman–Crippen MR) is 100 cm³/mol. The van der Waals surface area contributed by atoms with Crippen molar-refractivity contribution in [3.8, 4) is 0 Å². The topological polar surface area (TPSA) is 114 Å². The largest absolute Gasteiger partial charge is 0.445 e. The van der Waals surface area contributed by atoms with Crippen molar-refractivity contribution in [1.82, 2.24) is 4.98 Å². The average Bonchev–Trinajstić information content (AvgIpc) is 3.00. The maximum Gasteiger partial charge on any atom is 0.404 e. The molecule has 2 aromatic carbocycles. The van der Waals surface area contributed by atoms with Crippen molar-refractivity contribution in [3.05, 3.63) is 41.7 Å². The first-order valence-electron chi connectivity index (χ1n) is 8.69. The molecule has 3 aromatic rings. The van der Waals surface area contributed by atoms with Crippen molar-refractivity contribution in [2.24, 2.45) is 11.5 Å². The number of aromatic amines is 1. The zero-order chi connectivity index (χ0) is 19.1. The van der Waals surface area contributed by atoms with E-state index >= 15 is 4.39 Å². The molecule has 140 valence electrons. The van der Waals surface area contributed by atoms with Crippen LogP contribution in [0, 0.1) is 5.82 Å². The van der Waals surface area contributed by atoms with Crippen molar-refractivity contribution in [2.45, 2.75) is 18.9 Å². The number of aromatic nitrogens is 1. The Balaban J connectivity index is 1.92. The molecule has 8 heteroatoms. The van der Waals surface area contributed by atoms with Crippen LogP contribution in [0.5, 0.6) is 0 Å². The SMILES string of the molecule is NC(=O)OC1CCCN(c2c(F)cc(C(N)=O)c3[nH]c4ccccc4c23)C1. The van der Waals surface area contributed by atoms with E-state index in [0.29, 0.717) is 36.1 Å². The van der Waals surface area contributed by atoms with Crippen molar-refractivity contribution in [3.63, 3.8) is 0 Å². The molecule has 1 aliphatic heterocycles. The minimum Gasteiger partial charge on any atom is -0.445 e. The second-order valence-corrected chi connectivity index (χ2v) is 6.69. The average molecular weight is 370 g/mol. The predicted octanol–water partition coefficient (Wildman–Crippen LogP) is 2.62. The van der Waals surface area contributed by atoms with Gasteiger partial charge >= 0.3 is 6.09 Å². The second-order valence-electron chi connectivity index (χ2n) is 6.69. The molecule has 1 fully saturated rings. The maximum atomic E-state index is 15.1. The summed E-state index contributed by atoms with van der Waals surface area (Å²) in [5.41, 5.74) is 12.3. The van der Waals surface area contributed by atoms with Crippen LogP contribution in [0.15, 0.2) is 30.3 Å². The number of nitrogens with one attached hydrogen (secondary N) is 1. The Morgan fingerprint density at radius 2 is 2.04 bits per heavy atom. The van der Waals surface area contributed by atoms with E-state index in [4.69, 9.17) is 16.2 Å². The van der Waals surface area contributed by atoms with Gasteiger partial charge in [0.1, 0.15) is 11.9 Å². The molecule has 27 heavy (non-hydrogen) atoms. The summed E-state index contributed by atoms with van der Waals surface area (Å²) in [6.45, 7) is 0.921. The quantitative estimate of drug-likeness (QED) is 0.657. The molecule has 1 saturated heterocycles. The summed E-state index contributed by atoms with van der Waals surface area (Å²) < 4.78 is 20.2. The standard InChI is InChI=1S/C19H19FN4O3/c20-13-8-12(18(21)25)16-15(11-5-1-2-6-14(11)23-16)17(13)24-7-3-4-10(9-24)27-19(22)26/h1-2,5-6,8,10,23H,3-4,7,9H2,(H2,21,25)(H2,22,26). The normalized spacial score (nSPS) is 17.4. The number of carbonyl (C=O) groups excluding carboxylic acids is 2. The first kappa shape index (κ1) is 17.1. The van der Waals surface area contributed by atoms with E-state index in [1.807, 2.05) is 29.2 Å². The van der Waals surface area contributed by atoms with Crippen molar-refractivity contribution in [1.29, 1.82) is 0 Å². The van der Waals surface area contributed by atoms with Crippen LogP contribution >= 0.6 is 0 Å². The van der Waals surface area contributed by atoms with E-state index in [9.17, 15) is 9.59 Å². The zero-order valence-corrected chi connectivity index (χ0v) is 14.5. The van der Waals surface area contributed by atoms with Crippen LogP contribution in [0.4, 0.5) is 14.9 Å². The minimum atomic E-state index is -0.844. The molecule has 1 atom stereocenters. The Hall–Kier alpha value is -3.29. The van der Waals surface area contributed by atoms with Gasteiger partial charge in [-0.2, -0.15) is 0 Å². The molecule has 0 radical (unpaired) electrons. The number of amides is 2. The van der Waals surface area contributed by atoms with Crippen LogP contribution in [0.25, 0.3) is 21.8 Å². The van der Waals surface area contributed by atoms with Gasteiger partial charge in [0.25, 0.3) is 5.91 Å². The van der Waals surface area contributed by atoms with Gasteiger partial charge in [-0.05, 0) is 25.0 Å². The van der Waals surface area contributed by atoms with Gasteiger partial charge in [0.05, 0.1) is 23.3 Å². The zero-order valence-electron chi connectivity index (χ0n) is 14.5. The van der Waals surface area contributed by atoms with E-state index in [1.165, 1.54) is 0 Å². The molecule has 1 unspecified atom stereocenters. The lowest BCUT2D eigenvalue weighted by Gasteiger charge is -2.34. The van der Waals surface area contributed by atoms with E-state index in [0.717, 1.165) is 23.4 Å². The number of primary amides is 2. The molecule has 0 bridgehead atoms. The molecule has 1 aliphatic rings. The third-order valence-electron chi connectivity index (χ3n) is 4.95. The first-order chi connectivity index (χ1) is 13.0. The monoisotopic (exact) mass is 370 g/mol. The Bertz CT molecular complexity index is 1060.